The maximum atomic E-state index is 4.66. The largest absolute Gasteiger partial charge is 0.317 e. The summed E-state index contributed by atoms with van der Waals surface area (Å²) in [6, 6.07) is 2.76. The van der Waals surface area contributed by atoms with Crippen molar-refractivity contribution >= 4 is 5.78 Å². The summed E-state index contributed by atoms with van der Waals surface area (Å²) >= 11 is 0. The predicted octanol–water partition coefficient (Wildman–Crippen LogP) is 1.53. The van der Waals surface area contributed by atoms with E-state index in [2.05, 4.69) is 50.8 Å². The van der Waals surface area contributed by atoms with E-state index in [-0.39, 0.29) is 0 Å². The Morgan fingerprint density at radius 1 is 1.30 bits per heavy atom. The molecule has 1 aliphatic rings. The van der Waals surface area contributed by atoms with Gasteiger partial charge in [0.15, 0.2) is 0 Å². The minimum Gasteiger partial charge on any atom is -0.317 e. The van der Waals surface area contributed by atoms with Gasteiger partial charge < -0.3 is 5.32 Å². The van der Waals surface area contributed by atoms with E-state index in [0.29, 0.717) is 6.04 Å². The number of imidazole rings is 1. The molecule has 0 radical (unpaired) electrons. The van der Waals surface area contributed by atoms with Gasteiger partial charge in [-0.2, -0.15) is 0 Å². The lowest BCUT2D eigenvalue weighted by molar-refractivity contribution is 0.190. The lowest BCUT2D eigenvalue weighted by Gasteiger charge is -2.31. The standard InChI is InChI=1S/C15H23N5/c1-11-8-12(2)20-10-13(18-15(20)17-11)9-19(3)14-4-6-16-7-5-14/h8,10,14,16H,4-7,9H2,1-3H3. The fraction of sp³-hybridized carbons (Fsp3) is 0.600. The predicted molar refractivity (Wildman–Crippen MR) is 79.8 cm³/mol. The summed E-state index contributed by atoms with van der Waals surface area (Å²) in [6.07, 6.45) is 4.56. The second-order valence-electron chi connectivity index (χ2n) is 5.84. The molecule has 0 amide bonds. The van der Waals surface area contributed by atoms with Crippen LogP contribution in [0.15, 0.2) is 12.3 Å². The Labute approximate surface area is 120 Å². The fourth-order valence-electron chi connectivity index (χ4n) is 3.03. The molecule has 3 heterocycles. The summed E-state index contributed by atoms with van der Waals surface area (Å²) in [5, 5.41) is 3.41. The Morgan fingerprint density at radius 3 is 2.80 bits per heavy atom. The summed E-state index contributed by atoms with van der Waals surface area (Å²) in [7, 11) is 2.20. The van der Waals surface area contributed by atoms with Gasteiger partial charge in [0.25, 0.3) is 0 Å². The number of nitrogens with one attached hydrogen (secondary N) is 1. The van der Waals surface area contributed by atoms with Gasteiger partial charge in [-0.15, -0.1) is 0 Å². The molecule has 1 saturated heterocycles. The van der Waals surface area contributed by atoms with Crippen molar-refractivity contribution in [2.45, 2.75) is 39.3 Å². The van der Waals surface area contributed by atoms with Gasteiger partial charge in [0.05, 0.1) is 5.69 Å². The first-order valence-electron chi connectivity index (χ1n) is 7.36. The van der Waals surface area contributed by atoms with Gasteiger partial charge in [-0.3, -0.25) is 9.30 Å². The minimum absolute atomic E-state index is 0.664. The minimum atomic E-state index is 0.664. The number of fused-ring (bicyclic) bond motifs is 1. The van der Waals surface area contributed by atoms with Crippen molar-refractivity contribution in [1.29, 1.82) is 0 Å². The summed E-state index contributed by atoms with van der Waals surface area (Å²) in [4.78, 5) is 11.6. The Hall–Kier alpha value is -1.46. The van der Waals surface area contributed by atoms with Crippen LogP contribution in [0.5, 0.6) is 0 Å². The molecule has 108 valence electrons. The van der Waals surface area contributed by atoms with E-state index in [1.54, 1.807) is 0 Å². The summed E-state index contributed by atoms with van der Waals surface area (Å²) in [5.74, 6) is 0.816. The van der Waals surface area contributed by atoms with Crippen molar-refractivity contribution in [2.24, 2.45) is 0 Å². The van der Waals surface area contributed by atoms with Crippen molar-refractivity contribution in [3.63, 3.8) is 0 Å². The number of hydrogen-bond acceptors (Lipinski definition) is 4. The van der Waals surface area contributed by atoms with Crippen LogP contribution < -0.4 is 5.32 Å². The van der Waals surface area contributed by atoms with Crippen LogP contribution in [0.3, 0.4) is 0 Å². The van der Waals surface area contributed by atoms with Crippen LogP contribution in [0.2, 0.25) is 0 Å². The van der Waals surface area contributed by atoms with E-state index >= 15 is 0 Å². The third-order valence-electron chi connectivity index (χ3n) is 4.15. The average Bonchev–Trinajstić information content (AvgIpc) is 2.82. The topological polar surface area (TPSA) is 45.5 Å². The second-order valence-corrected chi connectivity index (χ2v) is 5.84. The van der Waals surface area contributed by atoms with Gasteiger partial charge in [0, 0.05) is 30.2 Å². The van der Waals surface area contributed by atoms with Crippen LogP contribution >= 0.6 is 0 Å². The van der Waals surface area contributed by atoms with E-state index in [4.69, 9.17) is 0 Å². The van der Waals surface area contributed by atoms with E-state index in [9.17, 15) is 0 Å². The van der Waals surface area contributed by atoms with E-state index in [0.717, 1.165) is 36.8 Å². The van der Waals surface area contributed by atoms with Crippen molar-refractivity contribution in [1.82, 2.24) is 24.6 Å². The highest BCUT2D eigenvalue weighted by atomic mass is 15.2. The number of nitrogens with zero attached hydrogens (tertiary/aromatic N) is 4. The van der Waals surface area contributed by atoms with Gasteiger partial charge in [0.1, 0.15) is 0 Å². The Balaban J connectivity index is 1.78. The molecular formula is C15H23N5. The molecule has 2 aromatic rings. The molecule has 20 heavy (non-hydrogen) atoms. The smallest absolute Gasteiger partial charge is 0.234 e. The average molecular weight is 273 g/mol. The maximum absolute atomic E-state index is 4.66. The number of aryl methyl sites for hydroxylation is 2. The van der Waals surface area contributed by atoms with Crippen molar-refractivity contribution in [3.05, 3.63) is 29.3 Å². The van der Waals surface area contributed by atoms with Crippen LogP contribution in [0.25, 0.3) is 5.78 Å². The Kier molecular flexibility index (Phi) is 3.72. The molecule has 0 unspecified atom stereocenters. The summed E-state index contributed by atoms with van der Waals surface area (Å²) in [6.45, 7) is 7.26. The van der Waals surface area contributed by atoms with Gasteiger partial charge in [-0.25, -0.2) is 9.97 Å². The van der Waals surface area contributed by atoms with Crippen LogP contribution in [0.1, 0.15) is 29.9 Å². The molecule has 1 N–H and O–H groups in total. The molecule has 5 nitrogen and oxygen atoms in total. The van der Waals surface area contributed by atoms with Gasteiger partial charge in [-0.1, -0.05) is 0 Å². The van der Waals surface area contributed by atoms with Crippen LogP contribution in [-0.4, -0.2) is 45.4 Å². The third kappa shape index (κ3) is 2.69. The molecule has 0 atom stereocenters. The number of piperidine rings is 1. The van der Waals surface area contributed by atoms with Crippen molar-refractivity contribution in [3.8, 4) is 0 Å². The monoisotopic (exact) mass is 273 g/mol. The van der Waals surface area contributed by atoms with Gasteiger partial charge in [-0.05, 0) is 52.9 Å². The molecular weight excluding hydrogens is 250 g/mol. The highest BCUT2D eigenvalue weighted by molar-refractivity contribution is 5.34. The van der Waals surface area contributed by atoms with Crippen molar-refractivity contribution in [2.75, 3.05) is 20.1 Å². The molecule has 0 spiro atoms. The molecule has 2 aromatic heterocycles. The SMILES string of the molecule is Cc1cc(C)n2cc(CN(C)C3CCNCC3)nc2n1. The van der Waals surface area contributed by atoms with Crippen molar-refractivity contribution < 1.29 is 0 Å². The van der Waals surface area contributed by atoms with E-state index in [1.165, 1.54) is 18.5 Å². The molecule has 1 aliphatic heterocycles. The Bertz CT molecular complexity index is 598. The van der Waals surface area contributed by atoms with Crippen LogP contribution in [0.4, 0.5) is 0 Å². The van der Waals surface area contributed by atoms with Crippen LogP contribution in [0, 0.1) is 13.8 Å². The van der Waals surface area contributed by atoms with E-state index in [1.807, 2.05) is 6.92 Å². The first kappa shape index (κ1) is 13.5. The van der Waals surface area contributed by atoms with Gasteiger partial charge >= 0.3 is 0 Å². The molecule has 0 aromatic carbocycles. The first-order chi connectivity index (χ1) is 9.63. The van der Waals surface area contributed by atoms with Gasteiger partial charge in [0.2, 0.25) is 5.78 Å². The molecule has 0 aliphatic carbocycles. The molecule has 0 saturated carbocycles. The molecule has 5 heteroatoms. The maximum Gasteiger partial charge on any atom is 0.234 e. The number of hydrogen-bond donors (Lipinski definition) is 1. The lowest BCUT2D eigenvalue weighted by Crippen LogP contribution is -2.40. The summed E-state index contributed by atoms with van der Waals surface area (Å²) < 4.78 is 2.08. The van der Waals surface area contributed by atoms with E-state index < -0.39 is 0 Å². The molecule has 1 fully saturated rings. The third-order valence-corrected chi connectivity index (χ3v) is 4.15. The second kappa shape index (κ2) is 5.50. The molecule has 0 bridgehead atoms. The van der Waals surface area contributed by atoms with Crippen LogP contribution in [-0.2, 0) is 6.54 Å². The zero-order valence-corrected chi connectivity index (χ0v) is 12.6. The molecule has 3 rings (SSSR count). The summed E-state index contributed by atoms with van der Waals surface area (Å²) in [5.41, 5.74) is 3.32. The normalized spacial score (nSPS) is 17.2. The number of aromatic nitrogens is 3. The fourth-order valence-corrected chi connectivity index (χ4v) is 3.03. The first-order valence-corrected chi connectivity index (χ1v) is 7.36. The lowest BCUT2D eigenvalue weighted by atomic mass is 10.1. The highest BCUT2D eigenvalue weighted by Crippen LogP contribution is 2.14. The quantitative estimate of drug-likeness (QED) is 0.921. The highest BCUT2D eigenvalue weighted by Gasteiger charge is 2.18. The zero-order chi connectivity index (χ0) is 14.1. The number of rotatable bonds is 3. The zero-order valence-electron chi connectivity index (χ0n) is 12.6. The Morgan fingerprint density at radius 2 is 2.05 bits per heavy atom.